The molecule has 3 nitrogen and oxygen atoms in total. The number of alkyl halides is 1. The van der Waals surface area contributed by atoms with E-state index in [0.29, 0.717) is 22.9 Å². The van der Waals surface area contributed by atoms with Crippen LogP contribution in [0.25, 0.3) is 0 Å². The molecule has 0 heterocycles. The van der Waals surface area contributed by atoms with Crippen molar-refractivity contribution in [1.82, 2.24) is 5.32 Å². The molecule has 5 heteroatoms. The maximum absolute atomic E-state index is 11.9. The van der Waals surface area contributed by atoms with Gasteiger partial charge in [-0.3, -0.25) is 4.79 Å². The highest BCUT2D eigenvalue weighted by molar-refractivity contribution is 9.10. The average molecular weight is 377 g/mol. The van der Waals surface area contributed by atoms with Gasteiger partial charge in [-0.05, 0) is 43.4 Å². The molecule has 0 bridgehead atoms. The van der Waals surface area contributed by atoms with Crippen LogP contribution in [-0.4, -0.2) is 22.4 Å². The Morgan fingerprint density at radius 1 is 1.44 bits per heavy atom. The second-order valence-corrected chi connectivity index (χ2v) is 6.86. The number of carbonyl (C=O) groups is 1. The van der Waals surface area contributed by atoms with Gasteiger partial charge in [0.05, 0.1) is 5.56 Å². The molecule has 1 aliphatic rings. The molecule has 2 unspecified atom stereocenters. The van der Waals surface area contributed by atoms with Crippen LogP contribution in [0, 0.1) is 5.92 Å². The van der Waals surface area contributed by atoms with E-state index in [1.54, 1.807) is 12.1 Å². The van der Waals surface area contributed by atoms with Crippen LogP contribution in [0.2, 0.25) is 0 Å². The van der Waals surface area contributed by atoms with Crippen molar-refractivity contribution in [2.75, 3.05) is 6.54 Å². The third-order valence-electron chi connectivity index (χ3n) is 3.23. The van der Waals surface area contributed by atoms with Crippen molar-refractivity contribution in [3.8, 4) is 5.75 Å². The molecular weight excluding hydrogens is 362 g/mol. The molecule has 1 amide bonds. The first-order valence-electron chi connectivity index (χ1n) is 5.97. The van der Waals surface area contributed by atoms with E-state index in [2.05, 4.69) is 37.2 Å². The average Bonchev–Trinajstić information content (AvgIpc) is 2.72. The number of hydrogen-bond acceptors (Lipinski definition) is 2. The summed E-state index contributed by atoms with van der Waals surface area (Å²) in [5, 5.41) is 12.6. The number of aromatic hydroxyl groups is 1. The Hall–Kier alpha value is -0.550. The summed E-state index contributed by atoms with van der Waals surface area (Å²) in [6.07, 6.45) is 3.42. The number of hydrogen-bond donors (Lipinski definition) is 2. The Balaban J connectivity index is 1.91. The Morgan fingerprint density at radius 3 is 2.83 bits per heavy atom. The zero-order valence-corrected chi connectivity index (χ0v) is 13.0. The van der Waals surface area contributed by atoms with Crippen LogP contribution in [0.4, 0.5) is 0 Å². The Bertz CT molecular complexity index is 451. The van der Waals surface area contributed by atoms with Gasteiger partial charge in [0.2, 0.25) is 0 Å². The molecule has 1 aromatic carbocycles. The zero-order chi connectivity index (χ0) is 13.1. The van der Waals surface area contributed by atoms with Crippen LogP contribution in [-0.2, 0) is 0 Å². The van der Waals surface area contributed by atoms with Crippen LogP contribution in [0.15, 0.2) is 22.7 Å². The topological polar surface area (TPSA) is 49.3 Å². The fourth-order valence-electron chi connectivity index (χ4n) is 2.23. The summed E-state index contributed by atoms with van der Waals surface area (Å²) in [7, 11) is 0. The normalized spacial score (nSPS) is 23.0. The molecule has 1 saturated carbocycles. The lowest BCUT2D eigenvalue weighted by atomic mass is 10.1. The van der Waals surface area contributed by atoms with Crippen molar-refractivity contribution >= 4 is 37.8 Å². The third-order valence-corrected chi connectivity index (χ3v) is 4.56. The first kappa shape index (κ1) is 13.9. The highest BCUT2D eigenvalue weighted by atomic mass is 79.9. The van der Waals surface area contributed by atoms with E-state index in [9.17, 15) is 9.90 Å². The summed E-state index contributed by atoms with van der Waals surface area (Å²) in [5.74, 6) is 0.334. The molecule has 0 aromatic heterocycles. The van der Waals surface area contributed by atoms with E-state index < -0.39 is 0 Å². The van der Waals surface area contributed by atoms with Gasteiger partial charge < -0.3 is 10.4 Å². The minimum atomic E-state index is -0.210. The van der Waals surface area contributed by atoms with Crippen molar-refractivity contribution in [2.24, 2.45) is 5.92 Å². The highest BCUT2D eigenvalue weighted by Crippen LogP contribution is 2.30. The first-order valence-corrected chi connectivity index (χ1v) is 7.68. The standard InChI is InChI=1S/C13H15Br2NO2/c14-9-2-1-8(5-9)7-16-13(18)11-4-3-10(15)6-12(11)17/h3-4,6,8-9,17H,1-2,5,7H2,(H,16,18). The second-order valence-electron chi connectivity index (χ2n) is 4.65. The maximum atomic E-state index is 11.9. The van der Waals surface area contributed by atoms with Crippen LogP contribution in [0.1, 0.15) is 29.6 Å². The molecule has 2 rings (SSSR count). The minimum Gasteiger partial charge on any atom is -0.507 e. The van der Waals surface area contributed by atoms with Crippen LogP contribution >= 0.6 is 31.9 Å². The van der Waals surface area contributed by atoms with Crippen LogP contribution in [0.5, 0.6) is 5.75 Å². The quantitative estimate of drug-likeness (QED) is 0.793. The number of amides is 1. The molecule has 98 valence electrons. The van der Waals surface area contributed by atoms with E-state index in [4.69, 9.17) is 0 Å². The van der Waals surface area contributed by atoms with Crippen LogP contribution in [0.3, 0.4) is 0 Å². The molecule has 2 atom stereocenters. The highest BCUT2D eigenvalue weighted by Gasteiger charge is 2.23. The van der Waals surface area contributed by atoms with Crippen molar-refractivity contribution < 1.29 is 9.90 Å². The molecule has 2 N–H and O–H groups in total. The summed E-state index contributed by atoms with van der Waals surface area (Å²) in [4.78, 5) is 12.5. The predicted molar refractivity (Wildman–Crippen MR) is 78.2 cm³/mol. The number of phenolic OH excluding ortho intramolecular Hbond substituents is 1. The van der Waals surface area contributed by atoms with Gasteiger partial charge >= 0.3 is 0 Å². The minimum absolute atomic E-state index is 0.00617. The second kappa shape index (κ2) is 6.06. The van der Waals surface area contributed by atoms with Crippen molar-refractivity contribution in [3.05, 3.63) is 28.2 Å². The summed E-state index contributed by atoms with van der Waals surface area (Å²) in [6.45, 7) is 0.677. The van der Waals surface area contributed by atoms with E-state index in [1.807, 2.05) is 0 Å². The molecule has 0 saturated heterocycles. The van der Waals surface area contributed by atoms with Gasteiger partial charge in [0.15, 0.2) is 0 Å². The van der Waals surface area contributed by atoms with E-state index in [1.165, 1.54) is 12.5 Å². The fraction of sp³-hybridized carbons (Fsp3) is 0.462. The Labute approximate surface area is 123 Å². The van der Waals surface area contributed by atoms with Crippen molar-refractivity contribution in [1.29, 1.82) is 0 Å². The lowest BCUT2D eigenvalue weighted by molar-refractivity contribution is 0.0944. The summed E-state index contributed by atoms with van der Waals surface area (Å²) < 4.78 is 0.759. The third kappa shape index (κ3) is 3.48. The van der Waals surface area contributed by atoms with Gasteiger partial charge in [-0.25, -0.2) is 0 Å². The lowest BCUT2D eigenvalue weighted by Gasteiger charge is -2.11. The summed E-state index contributed by atoms with van der Waals surface area (Å²) in [5.41, 5.74) is 0.326. The molecule has 18 heavy (non-hydrogen) atoms. The van der Waals surface area contributed by atoms with E-state index in [0.717, 1.165) is 17.3 Å². The smallest absolute Gasteiger partial charge is 0.255 e. The van der Waals surface area contributed by atoms with Crippen molar-refractivity contribution in [2.45, 2.75) is 24.1 Å². The first-order chi connectivity index (χ1) is 8.56. The molecule has 0 radical (unpaired) electrons. The largest absolute Gasteiger partial charge is 0.507 e. The monoisotopic (exact) mass is 375 g/mol. The zero-order valence-electron chi connectivity index (χ0n) is 9.83. The van der Waals surface area contributed by atoms with Gasteiger partial charge in [-0.1, -0.05) is 31.9 Å². The molecular formula is C13H15Br2NO2. The molecule has 1 aromatic rings. The van der Waals surface area contributed by atoms with Crippen LogP contribution < -0.4 is 5.32 Å². The number of benzene rings is 1. The van der Waals surface area contributed by atoms with E-state index >= 15 is 0 Å². The number of rotatable bonds is 3. The summed E-state index contributed by atoms with van der Waals surface area (Å²) >= 11 is 6.84. The summed E-state index contributed by atoms with van der Waals surface area (Å²) in [6, 6.07) is 4.90. The number of nitrogens with one attached hydrogen (secondary N) is 1. The van der Waals surface area contributed by atoms with Gasteiger partial charge in [0, 0.05) is 15.8 Å². The van der Waals surface area contributed by atoms with E-state index in [-0.39, 0.29) is 11.7 Å². The fourth-order valence-corrected chi connectivity index (χ4v) is 3.37. The predicted octanol–water partition coefficient (Wildman–Crippen LogP) is 3.45. The van der Waals surface area contributed by atoms with Gasteiger partial charge in [0.1, 0.15) is 5.75 Å². The molecule has 0 aliphatic heterocycles. The number of halogens is 2. The van der Waals surface area contributed by atoms with Gasteiger partial charge in [0.25, 0.3) is 5.91 Å². The molecule has 1 aliphatic carbocycles. The SMILES string of the molecule is O=C(NCC1CCC(Br)C1)c1ccc(Br)cc1O. The number of phenols is 1. The Morgan fingerprint density at radius 2 is 2.22 bits per heavy atom. The maximum Gasteiger partial charge on any atom is 0.255 e. The van der Waals surface area contributed by atoms with Gasteiger partial charge in [-0.2, -0.15) is 0 Å². The molecule has 1 fully saturated rings. The lowest BCUT2D eigenvalue weighted by Crippen LogP contribution is -2.28. The van der Waals surface area contributed by atoms with Gasteiger partial charge in [-0.15, -0.1) is 0 Å². The molecule has 0 spiro atoms. The Kier molecular flexibility index (Phi) is 4.67. The van der Waals surface area contributed by atoms with Crippen molar-refractivity contribution in [3.63, 3.8) is 0 Å². The number of carbonyl (C=O) groups excluding carboxylic acids is 1.